The van der Waals surface area contributed by atoms with E-state index in [0.29, 0.717) is 5.92 Å². The SMILES string of the molecule is O=[N+]([O-])c1ccc2[nH]c(C3CC3CC3CC3)cc2c1. The summed E-state index contributed by atoms with van der Waals surface area (Å²) in [5, 5.41) is 11.7. The molecule has 0 saturated heterocycles. The quantitative estimate of drug-likeness (QED) is 0.664. The van der Waals surface area contributed by atoms with Crippen LogP contribution in [0.15, 0.2) is 24.3 Å². The van der Waals surface area contributed by atoms with Gasteiger partial charge in [-0.1, -0.05) is 12.8 Å². The molecular formula is C15H16N2O2. The lowest BCUT2D eigenvalue weighted by molar-refractivity contribution is -0.384. The highest BCUT2D eigenvalue weighted by molar-refractivity contribution is 5.83. The average molecular weight is 256 g/mol. The molecule has 1 aromatic carbocycles. The van der Waals surface area contributed by atoms with Crippen LogP contribution in [-0.2, 0) is 0 Å². The Morgan fingerprint density at radius 2 is 2.16 bits per heavy atom. The molecule has 2 aliphatic carbocycles. The molecule has 0 radical (unpaired) electrons. The third-order valence-corrected chi connectivity index (χ3v) is 4.49. The molecule has 0 amide bonds. The second-order valence-electron chi connectivity index (χ2n) is 6.03. The number of rotatable bonds is 4. The van der Waals surface area contributed by atoms with E-state index in [0.717, 1.165) is 22.7 Å². The van der Waals surface area contributed by atoms with E-state index >= 15 is 0 Å². The fraction of sp³-hybridized carbons (Fsp3) is 0.467. The number of hydrogen-bond acceptors (Lipinski definition) is 2. The first-order valence-corrected chi connectivity index (χ1v) is 6.98. The van der Waals surface area contributed by atoms with Gasteiger partial charge in [0.05, 0.1) is 4.92 Å². The smallest absolute Gasteiger partial charge is 0.270 e. The van der Waals surface area contributed by atoms with Crippen LogP contribution in [0.1, 0.15) is 37.3 Å². The highest BCUT2D eigenvalue weighted by Gasteiger charge is 2.42. The standard InChI is InChI=1S/C15H16N2O2/c18-17(19)12-3-4-14-11(6-12)8-15(16-14)13-7-10(13)5-9-1-2-9/h3-4,6,8-10,13,16H,1-2,5,7H2. The van der Waals surface area contributed by atoms with Gasteiger partial charge in [0.1, 0.15) is 0 Å². The number of non-ortho nitro benzene ring substituents is 1. The minimum absolute atomic E-state index is 0.170. The van der Waals surface area contributed by atoms with E-state index in [4.69, 9.17) is 0 Å². The Kier molecular flexibility index (Phi) is 2.22. The van der Waals surface area contributed by atoms with Crippen molar-refractivity contribution in [3.8, 4) is 0 Å². The van der Waals surface area contributed by atoms with Crippen molar-refractivity contribution in [2.75, 3.05) is 0 Å². The van der Waals surface area contributed by atoms with Crippen LogP contribution in [0.2, 0.25) is 0 Å². The van der Waals surface area contributed by atoms with Crippen LogP contribution >= 0.6 is 0 Å². The fourth-order valence-corrected chi connectivity index (χ4v) is 3.13. The van der Waals surface area contributed by atoms with Gasteiger partial charge >= 0.3 is 0 Å². The summed E-state index contributed by atoms with van der Waals surface area (Å²) in [4.78, 5) is 13.9. The molecule has 4 nitrogen and oxygen atoms in total. The monoisotopic (exact) mass is 256 g/mol. The first-order valence-electron chi connectivity index (χ1n) is 6.98. The zero-order valence-electron chi connectivity index (χ0n) is 10.6. The van der Waals surface area contributed by atoms with Gasteiger partial charge in [-0.3, -0.25) is 10.1 Å². The van der Waals surface area contributed by atoms with Gasteiger partial charge in [0, 0.05) is 34.6 Å². The molecule has 4 heteroatoms. The number of aromatic nitrogens is 1. The van der Waals surface area contributed by atoms with E-state index in [9.17, 15) is 10.1 Å². The molecule has 19 heavy (non-hydrogen) atoms. The van der Waals surface area contributed by atoms with Crippen molar-refractivity contribution in [1.82, 2.24) is 4.98 Å². The molecule has 1 N–H and O–H groups in total. The zero-order chi connectivity index (χ0) is 13.0. The maximum absolute atomic E-state index is 10.8. The van der Waals surface area contributed by atoms with Gasteiger partial charge < -0.3 is 4.98 Å². The molecule has 2 aliphatic rings. The van der Waals surface area contributed by atoms with E-state index in [1.807, 2.05) is 6.07 Å². The summed E-state index contributed by atoms with van der Waals surface area (Å²) in [6.07, 6.45) is 5.50. The van der Waals surface area contributed by atoms with Crippen LogP contribution in [0.5, 0.6) is 0 Å². The Morgan fingerprint density at radius 1 is 1.32 bits per heavy atom. The number of nitrogens with one attached hydrogen (secondary N) is 1. The molecule has 2 unspecified atom stereocenters. The van der Waals surface area contributed by atoms with Crippen LogP contribution in [0.3, 0.4) is 0 Å². The van der Waals surface area contributed by atoms with Crippen molar-refractivity contribution in [1.29, 1.82) is 0 Å². The molecule has 0 aliphatic heterocycles. The van der Waals surface area contributed by atoms with Gasteiger partial charge in [-0.2, -0.15) is 0 Å². The van der Waals surface area contributed by atoms with E-state index in [1.54, 1.807) is 12.1 Å². The summed E-state index contributed by atoms with van der Waals surface area (Å²) in [6, 6.07) is 7.14. The fourth-order valence-electron chi connectivity index (χ4n) is 3.13. The second-order valence-corrected chi connectivity index (χ2v) is 6.03. The summed E-state index contributed by atoms with van der Waals surface area (Å²) in [5.74, 6) is 2.49. The number of benzene rings is 1. The molecule has 98 valence electrons. The number of H-pyrrole nitrogens is 1. The van der Waals surface area contributed by atoms with Crippen molar-refractivity contribution < 1.29 is 4.92 Å². The minimum Gasteiger partial charge on any atom is -0.358 e. The number of nitro groups is 1. The maximum atomic E-state index is 10.8. The Balaban J connectivity index is 1.59. The summed E-state index contributed by atoms with van der Waals surface area (Å²) < 4.78 is 0. The minimum atomic E-state index is -0.334. The van der Waals surface area contributed by atoms with Crippen LogP contribution in [0.4, 0.5) is 5.69 Å². The van der Waals surface area contributed by atoms with E-state index in [-0.39, 0.29) is 10.6 Å². The second kappa shape index (κ2) is 3.83. The molecule has 0 bridgehead atoms. The predicted octanol–water partition coefficient (Wildman–Crippen LogP) is 3.98. The van der Waals surface area contributed by atoms with E-state index in [1.165, 1.54) is 31.4 Å². The first kappa shape index (κ1) is 11.0. The van der Waals surface area contributed by atoms with Crippen molar-refractivity contribution in [3.05, 3.63) is 40.1 Å². The van der Waals surface area contributed by atoms with Gasteiger partial charge in [0.15, 0.2) is 0 Å². The topological polar surface area (TPSA) is 58.9 Å². The Hall–Kier alpha value is -1.84. The van der Waals surface area contributed by atoms with Gasteiger partial charge in [-0.05, 0) is 36.8 Å². The Labute approximate surface area is 111 Å². The molecule has 2 saturated carbocycles. The van der Waals surface area contributed by atoms with Crippen LogP contribution in [-0.4, -0.2) is 9.91 Å². The molecule has 4 rings (SSSR count). The third kappa shape index (κ3) is 2.01. The van der Waals surface area contributed by atoms with Gasteiger partial charge in [0.2, 0.25) is 0 Å². The number of hydrogen-bond donors (Lipinski definition) is 1. The zero-order valence-corrected chi connectivity index (χ0v) is 10.6. The highest BCUT2D eigenvalue weighted by atomic mass is 16.6. The molecule has 0 spiro atoms. The lowest BCUT2D eigenvalue weighted by Gasteiger charge is -1.95. The summed E-state index contributed by atoms with van der Waals surface area (Å²) in [6.45, 7) is 0. The van der Waals surface area contributed by atoms with Crippen molar-refractivity contribution >= 4 is 16.6 Å². The predicted molar refractivity (Wildman–Crippen MR) is 73.1 cm³/mol. The van der Waals surface area contributed by atoms with Gasteiger partial charge in [-0.25, -0.2) is 0 Å². The lowest BCUT2D eigenvalue weighted by Crippen LogP contribution is -1.86. The normalized spacial score (nSPS) is 25.7. The van der Waals surface area contributed by atoms with Crippen molar-refractivity contribution in [2.24, 2.45) is 11.8 Å². The number of nitro benzene ring substituents is 1. The first-order chi connectivity index (χ1) is 9.20. The summed E-state index contributed by atoms with van der Waals surface area (Å²) in [5.41, 5.74) is 2.45. The largest absolute Gasteiger partial charge is 0.358 e. The van der Waals surface area contributed by atoms with Gasteiger partial charge in [-0.15, -0.1) is 0 Å². The lowest BCUT2D eigenvalue weighted by atomic mass is 10.1. The van der Waals surface area contributed by atoms with Gasteiger partial charge in [0.25, 0.3) is 5.69 Å². The molecule has 1 aromatic heterocycles. The summed E-state index contributed by atoms with van der Waals surface area (Å²) >= 11 is 0. The Bertz CT molecular complexity index is 657. The van der Waals surface area contributed by atoms with E-state index < -0.39 is 0 Å². The van der Waals surface area contributed by atoms with Crippen LogP contribution in [0, 0.1) is 22.0 Å². The maximum Gasteiger partial charge on any atom is 0.270 e. The molecular weight excluding hydrogens is 240 g/mol. The number of fused-ring (bicyclic) bond motifs is 1. The Morgan fingerprint density at radius 3 is 2.89 bits per heavy atom. The molecule has 1 heterocycles. The highest BCUT2D eigenvalue weighted by Crippen LogP contribution is 2.54. The van der Waals surface area contributed by atoms with E-state index in [2.05, 4.69) is 11.1 Å². The summed E-state index contributed by atoms with van der Waals surface area (Å²) in [7, 11) is 0. The molecule has 2 fully saturated rings. The average Bonchev–Trinajstić information content (AvgIpc) is 3.30. The number of nitrogens with zero attached hydrogens (tertiary/aromatic N) is 1. The van der Waals surface area contributed by atoms with Crippen LogP contribution in [0.25, 0.3) is 10.9 Å². The third-order valence-electron chi connectivity index (χ3n) is 4.49. The van der Waals surface area contributed by atoms with Crippen LogP contribution < -0.4 is 0 Å². The number of aromatic amines is 1. The molecule has 2 atom stereocenters. The molecule has 2 aromatic rings. The van der Waals surface area contributed by atoms with Crippen molar-refractivity contribution in [2.45, 2.75) is 31.6 Å². The van der Waals surface area contributed by atoms with Crippen molar-refractivity contribution in [3.63, 3.8) is 0 Å².